The first kappa shape index (κ1) is 69.1. The summed E-state index contributed by atoms with van der Waals surface area (Å²) in [6.45, 7) is 12.2. The van der Waals surface area contributed by atoms with Gasteiger partial charge in [0.2, 0.25) is 0 Å². The summed E-state index contributed by atoms with van der Waals surface area (Å²) in [4.78, 5) is 0. The van der Waals surface area contributed by atoms with Crippen LogP contribution >= 0.6 is 145 Å². The fraction of sp³-hybridized carbons (Fsp3) is 0.455. The van der Waals surface area contributed by atoms with Crippen LogP contribution in [0, 0.1) is 0 Å². The summed E-state index contributed by atoms with van der Waals surface area (Å²) in [5.74, 6) is 4.32. The van der Waals surface area contributed by atoms with E-state index in [2.05, 4.69) is 146 Å². The van der Waals surface area contributed by atoms with Crippen molar-refractivity contribution in [3.63, 3.8) is 0 Å². The lowest BCUT2D eigenvalue weighted by Gasteiger charge is -2.15. The molecule has 368 valence electrons. The molecule has 3 atom stereocenters. The molecule has 3 aromatic rings. The first-order chi connectivity index (χ1) is 31.2. The van der Waals surface area contributed by atoms with Gasteiger partial charge in [-0.25, -0.2) is 0 Å². The molecule has 0 spiro atoms. The number of nitrogens with one attached hydrogen (secondary N) is 4. The van der Waals surface area contributed by atoms with E-state index in [1.807, 2.05) is 51.1 Å². The molecular formula is C44H66N6O4S12. The molecule has 4 heterocycles. The minimum atomic E-state index is -0.403. The van der Waals surface area contributed by atoms with Gasteiger partial charge in [0.1, 0.15) is 17.3 Å². The van der Waals surface area contributed by atoms with Crippen molar-refractivity contribution < 1.29 is 20.4 Å². The van der Waals surface area contributed by atoms with Crippen molar-refractivity contribution in [2.45, 2.75) is 76.3 Å². The van der Waals surface area contributed by atoms with Crippen molar-refractivity contribution in [3.05, 3.63) is 108 Å². The van der Waals surface area contributed by atoms with Crippen LogP contribution in [0.3, 0.4) is 0 Å². The van der Waals surface area contributed by atoms with Crippen LogP contribution in [0.2, 0.25) is 0 Å². The topological polar surface area (TPSA) is 181 Å². The third-order valence-electron chi connectivity index (χ3n) is 7.59. The molecule has 0 saturated carbocycles. The lowest BCUT2D eigenvalue weighted by atomic mass is 10.1. The average molecular weight is 1130 g/mol. The summed E-state index contributed by atoms with van der Waals surface area (Å²) in [6.07, 6.45) is 0. The van der Waals surface area contributed by atoms with Crippen LogP contribution in [0.1, 0.15) is 76.4 Å². The average Bonchev–Trinajstić information content (AvgIpc) is 4.10. The van der Waals surface area contributed by atoms with E-state index in [4.69, 9.17) is 80.8 Å². The molecule has 4 fully saturated rings. The molecule has 0 amide bonds. The molecular weight excluding hydrogens is 1060 g/mol. The number of hydrogen-bond acceptors (Lipinski definition) is 18. The van der Waals surface area contributed by atoms with E-state index < -0.39 is 5.54 Å². The molecule has 7 rings (SSSR count). The lowest BCUT2D eigenvalue weighted by Crippen LogP contribution is -2.36. The Bertz CT molecular complexity index is 1730. The van der Waals surface area contributed by atoms with Crippen molar-refractivity contribution >= 4 is 171 Å². The number of aliphatic hydroxyl groups is 4. The molecule has 4 saturated heterocycles. The van der Waals surface area contributed by atoms with Gasteiger partial charge in [-0.3, -0.25) is 0 Å². The fourth-order valence-corrected chi connectivity index (χ4v) is 9.56. The van der Waals surface area contributed by atoms with E-state index in [1.54, 1.807) is 60.9 Å². The minimum absolute atomic E-state index is 0.00398. The second kappa shape index (κ2) is 41.6. The number of hydrogen-bond donors (Lipinski definition) is 10. The summed E-state index contributed by atoms with van der Waals surface area (Å²) in [5, 5.41) is 43.8. The van der Waals surface area contributed by atoms with E-state index >= 15 is 0 Å². The zero-order valence-corrected chi connectivity index (χ0v) is 48.3. The monoisotopic (exact) mass is 1130 g/mol. The molecule has 3 unspecified atom stereocenters. The van der Waals surface area contributed by atoms with Crippen molar-refractivity contribution in [2.75, 3.05) is 50.4 Å². The second-order valence-corrected chi connectivity index (χ2v) is 23.1. The molecule has 12 N–H and O–H groups in total. The molecule has 3 aromatic carbocycles. The van der Waals surface area contributed by atoms with Crippen LogP contribution in [-0.2, 0) is 0 Å². The van der Waals surface area contributed by atoms with Crippen molar-refractivity contribution in [3.8, 4) is 0 Å². The zero-order valence-electron chi connectivity index (χ0n) is 38.5. The Morgan fingerprint density at radius 3 is 1.08 bits per heavy atom. The van der Waals surface area contributed by atoms with Crippen molar-refractivity contribution in [1.82, 2.24) is 21.3 Å². The van der Waals surface area contributed by atoms with Gasteiger partial charge in [-0.05, 0) is 107 Å². The zero-order chi connectivity index (χ0) is 51.2. The number of rotatable bonds is 5. The number of nitrogens with two attached hydrogens (primary N) is 2. The van der Waals surface area contributed by atoms with Crippen molar-refractivity contribution in [1.29, 1.82) is 0 Å². The maximum absolute atomic E-state index is 8.66. The fourth-order valence-electron chi connectivity index (χ4n) is 4.49. The number of thioether (sulfide) groups is 4. The minimum Gasteiger partial charge on any atom is -0.400 e. The van der Waals surface area contributed by atoms with E-state index in [-0.39, 0.29) is 30.3 Å². The number of benzene rings is 3. The molecule has 0 radical (unpaired) electrons. The number of thiocarbonyl (C=S) groups is 8. The summed E-state index contributed by atoms with van der Waals surface area (Å²) >= 11 is 42.7. The van der Waals surface area contributed by atoms with E-state index in [0.29, 0.717) is 12.1 Å². The van der Waals surface area contributed by atoms with Crippen LogP contribution in [0.4, 0.5) is 0 Å². The first-order valence-corrected chi connectivity index (χ1v) is 26.9. The molecule has 66 heavy (non-hydrogen) atoms. The second-order valence-electron chi connectivity index (χ2n) is 15.1. The van der Waals surface area contributed by atoms with Crippen molar-refractivity contribution in [2.24, 2.45) is 11.5 Å². The molecule has 0 aliphatic carbocycles. The maximum atomic E-state index is 8.66. The molecule has 10 nitrogen and oxygen atoms in total. The predicted molar refractivity (Wildman–Crippen MR) is 322 cm³/mol. The largest absolute Gasteiger partial charge is 0.400 e. The van der Waals surface area contributed by atoms with Gasteiger partial charge >= 0.3 is 0 Å². The van der Waals surface area contributed by atoms with Gasteiger partial charge < -0.3 is 53.2 Å². The van der Waals surface area contributed by atoms with Gasteiger partial charge in [0.05, 0.1) is 31.3 Å². The van der Waals surface area contributed by atoms with Gasteiger partial charge in [-0.15, -0.1) is 0 Å². The normalized spacial score (nSPS) is 17.8. The van der Waals surface area contributed by atoms with Crippen LogP contribution in [0.5, 0.6) is 0 Å². The van der Waals surface area contributed by atoms with E-state index in [1.165, 1.54) is 11.1 Å². The Kier molecular flexibility index (Phi) is 43.5. The summed E-state index contributed by atoms with van der Waals surface area (Å²) in [7, 11) is 2.00. The summed E-state index contributed by atoms with van der Waals surface area (Å²) in [6, 6.07) is 31.0. The number of aliphatic hydroxyl groups excluding tert-OH is 4. The highest BCUT2D eigenvalue weighted by Gasteiger charge is 2.26. The third-order valence-corrected chi connectivity index (χ3v) is 13.7. The SMILES string of the molecule is CC(C)(N)CO.CC1(C)CSC(=S)N1.CC1(C)CSC(=S)N1.CO.CO.NC(CO)c1ccccc1.S=C1NC(c2ccccc2)CS1.S=C1NC(c2ccccc2)CS1.S=C=S.S=C=S. The summed E-state index contributed by atoms with van der Waals surface area (Å²) < 4.78 is 7.55. The van der Waals surface area contributed by atoms with E-state index in [9.17, 15) is 0 Å². The Labute approximate surface area is 453 Å². The van der Waals surface area contributed by atoms with E-state index in [0.717, 1.165) is 60.1 Å². The first-order valence-electron chi connectivity index (χ1n) is 19.7. The Morgan fingerprint density at radius 2 is 0.894 bits per heavy atom. The van der Waals surface area contributed by atoms with Gasteiger partial charge in [0, 0.05) is 62.5 Å². The highest BCUT2D eigenvalue weighted by atomic mass is 32.2. The van der Waals surface area contributed by atoms with Crippen LogP contribution < -0.4 is 32.7 Å². The summed E-state index contributed by atoms with van der Waals surface area (Å²) in [5.41, 5.74) is 14.5. The molecule has 0 aromatic heterocycles. The standard InChI is InChI=1S/2C9H9NS2.C8H11NO.2C5H9NS2.C4H11NO.2CH4O.2CS2/c2*11-9-10-8(6-12-9)7-4-2-1-3-5-7;9-8(6-10)7-4-2-1-3-5-7;2*1-5(2)3-8-4(7)6-5;1-4(2,5)3-6;2*1-2;2*2-1-3/h2*1-5,8H,6H2,(H,10,11);1-5,8,10H,6,9H2;2*3H2,1-2H3,(H,6,7);6H,3,5H2,1-2H3;2*2H,1H3;;. The molecule has 0 bridgehead atoms. The maximum Gasteiger partial charge on any atom is 0.134 e. The Balaban J connectivity index is -0.000000702. The van der Waals surface area contributed by atoms with Gasteiger partial charge in [0.15, 0.2) is 0 Å². The molecule has 4 aliphatic heterocycles. The predicted octanol–water partition coefficient (Wildman–Crippen LogP) is 9.12. The van der Waals surface area contributed by atoms with Gasteiger partial charge in [0.25, 0.3) is 0 Å². The molecule has 4 aliphatic rings. The quantitative estimate of drug-likeness (QED) is 0.109. The Morgan fingerprint density at radius 1 is 0.606 bits per heavy atom. The molecule has 22 heteroatoms. The highest BCUT2D eigenvalue weighted by molar-refractivity contribution is 8.24. The smallest absolute Gasteiger partial charge is 0.134 e. The highest BCUT2D eigenvalue weighted by Crippen LogP contribution is 2.27. The third kappa shape index (κ3) is 37.7. The van der Waals surface area contributed by atoms with Gasteiger partial charge in [-0.1, -0.05) is 187 Å². The Hall–Kier alpha value is -1.18. The van der Waals surface area contributed by atoms with Crippen LogP contribution in [0.25, 0.3) is 0 Å². The lowest BCUT2D eigenvalue weighted by molar-refractivity contribution is 0.221. The van der Waals surface area contributed by atoms with Gasteiger partial charge in [-0.2, -0.15) is 0 Å². The van der Waals surface area contributed by atoms with Crippen LogP contribution in [-0.4, -0.2) is 113 Å². The van der Waals surface area contributed by atoms with Crippen LogP contribution in [0.15, 0.2) is 91.0 Å².